The van der Waals surface area contributed by atoms with Crippen LogP contribution in [0.25, 0.3) is 0 Å². The van der Waals surface area contributed by atoms with Gasteiger partial charge in [0, 0.05) is 13.1 Å². The maximum atomic E-state index is 13.2. The third kappa shape index (κ3) is 3.95. The smallest absolute Gasteiger partial charge is 0.325 e. The van der Waals surface area contributed by atoms with E-state index in [1.165, 1.54) is 17.0 Å². The van der Waals surface area contributed by atoms with Crippen LogP contribution in [0.3, 0.4) is 0 Å². The highest BCUT2D eigenvalue weighted by Gasteiger charge is 2.53. The van der Waals surface area contributed by atoms with Crippen molar-refractivity contribution in [3.05, 3.63) is 59.9 Å². The second kappa shape index (κ2) is 8.62. The molecule has 2 atom stereocenters. The van der Waals surface area contributed by atoms with Crippen LogP contribution in [0.15, 0.2) is 48.5 Å². The zero-order chi connectivity index (χ0) is 23.9. The van der Waals surface area contributed by atoms with Gasteiger partial charge in [0.1, 0.15) is 18.0 Å². The number of nitrogens with zero attached hydrogens (tertiary/aromatic N) is 2. The quantitative estimate of drug-likeness (QED) is 0.699. The normalized spacial score (nSPS) is 24.8. The first-order valence-corrected chi connectivity index (χ1v) is 11.4. The van der Waals surface area contributed by atoms with Crippen LogP contribution < -0.4 is 14.8 Å². The maximum Gasteiger partial charge on any atom is 0.325 e. The SMILES string of the molecule is CC1(C2CCN(C(=O)C3COc4ccccc4O3)CC2)NC(=O)N(Cc2ccc(F)cc2)C1=O. The number of imide groups is 1. The molecule has 2 unspecified atom stereocenters. The number of piperidine rings is 1. The lowest BCUT2D eigenvalue weighted by atomic mass is 9.78. The Bertz CT molecular complexity index is 1120. The molecule has 0 bridgehead atoms. The highest BCUT2D eigenvalue weighted by atomic mass is 19.1. The number of ether oxygens (including phenoxy) is 2. The molecule has 5 rings (SSSR count). The zero-order valence-corrected chi connectivity index (χ0v) is 18.8. The van der Waals surface area contributed by atoms with Crippen LogP contribution in [0.5, 0.6) is 11.5 Å². The molecule has 3 aliphatic rings. The van der Waals surface area contributed by atoms with Gasteiger partial charge >= 0.3 is 6.03 Å². The van der Waals surface area contributed by atoms with Gasteiger partial charge in [-0.1, -0.05) is 24.3 Å². The first-order valence-electron chi connectivity index (χ1n) is 11.4. The molecule has 0 aliphatic carbocycles. The Morgan fingerprint density at radius 2 is 1.76 bits per heavy atom. The summed E-state index contributed by atoms with van der Waals surface area (Å²) in [6.45, 7) is 2.90. The van der Waals surface area contributed by atoms with Crippen LogP contribution in [0.1, 0.15) is 25.3 Å². The molecule has 178 valence electrons. The number of benzene rings is 2. The van der Waals surface area contributed by atoms with Gasteiger partial charge in [-0.25, -0.2) is 9.18 Å². The van der Waals surface area contributed by atoms with Crippen LogP contribution in [0.2, 0.25) is 0 Å². The van der Waals surface area contributed by atoms with E-state index < -0.39 is 17.7 Å². The van der Waals surface area contributed by atoms with Gasteiger partial charge in [0.05, 0.1) is 6.54 Å². The van der Waals surface area contributed by atoms with Gasteiger partial charge in [0.25, 0.3) is 11.8 Å². The minimum absolute atomic E-state index is 0.0817. The first kappa shape index (κ1) is 22.2. The topological polar surface area (TPSA) is 88.2 Å². The number of amides is 4. The number of rotatable bonds is 4. The molecule has 3 heterocycles. The Kier molecular flexibility index (Phi) is 5.63. The van der Waals surface area contributed by atoms with E-state index in [1.807, 2.05) is 12.1 Å². The van der Waals surface area contributed by atoms with Gasteiger partial charge in [-0.15, -0.1) is 0 Å². The van der Waals surface area contributed by atoms with Crippen LogP contribution in [-0.4, -0.2) is 59.0 Å². The number of halogens is 1. The van der Waals surface area contributed by atoms with Crippen molar-refractivity contribution in [2.45, 2.75) is 38.0 Å². The average Bonchev–Trinajstić information content (AvgIpc) is 3.08. The summed E-state index contributed by atoms with van der Waals surface area (Å²) in [7, 11) is 0. The molecule has 34 heavy (non-hydrogen) atoms. The van der Waals surface area contributed by atoms with Crippen molar-refractivity contribution in [1.29, 1.82) is 0 Å². The minimum Gasteiger partial charge on any atom is -0.485 e. The molecule has 1 N–H and O–H groups in total. The van der Waals surface area contributed by atoms with Crippen LogP contribution >= 0.6 is 0 Å². The average molecular weight is 467 g/mol. The highest BCUT2D eigenvalue weighted by Crippen LogP contribution is 2.35. The third-order valence-corrected chi connectivity index (χ3v) is 6.96. The molecular formula is C25H26FN3O5. The van der Waals surface area contributed by atoms with Crippen molar-refractivity contribution in [2.24, 2.45) is 5.92 Å². The fourth-order valence-electron chi connectivity index (χ4n) is 4.93. The van der Waals surface area contributed by atoms with E-state index >= 15 is 0 Å². The van der Waals surface area contributed by atoms with Gasteiger partial charge in [0.2, 0.25) is 6.10 Å². The van der Waals surface area contributed by atoms with E-state index in [9.17, 15) is 18.8 Å². The standard InChI is InChI=1S/C25H26FN3O5/c1-25(23(31)29(24(32)27-25)14-16-6-8-18(26)9-7-16)17-10-12-28(13-11-17)22(30)21-15-33-19-4-2-3-5-20(19)34-21/h2-9,17,21H,10-15H2,1H3,(H,27,32). The van der Waals surface area contributed by atoms with Crippen LogP contribution in [0.4, 0.5) is 9.18 Å². The second-order valence-corrected chi connectivity index (χ2v) is 9.11. The van der Waals surface area contributed by atoms with Crippen molar-refractivity contribution in [3.8, 4) is 11.5 Å². The van der Waals surface area contributed by atoms with E-state index in [0.29, 0.717) is 43.0 Å². The fourth-order valence-corrected chi connectivity index (χ4v) is 4.93. The zero-order valence-electron chi connectivity index (χ0n) is 18.8. The van der Waals surface area contributed by atoms with Crippen molar-refractivity contribution >= 4 is 17.8 Å². The van der Waals surface area contributed by atoms with Crippen molar-refractivity contribution in [2.75, 3.05) is 19.7 Å². The molecule has 8 nitrogen and oxygen atoms in total. The second-order valence-electron chi connectivity index (χ2n) is 9.11. The Morgan fingerprint density at radius 1 is 1.09 bits per heavy atom. The molecule has 2 aromatic rings. The number of carbonyl (C=O) groups excluding carboxylic acids is 3. The molecule has 0 aromatic heterocycles. The van der Waals surface area contributed by atoms with E-state index in [2.05, 4.69) is 5.32 Å². The summed E-state index contributed by atoms with van der Waals surface area (Å²) in [6, 6.07) is 12.5. The largest absolute Gasteiger partial charge is 0.485 e. The lowest BCUT2D eigenvalue weighted by Gasteiger charge is -2.40. The summed E-state index contributed by atoms with van der Waals surface area (Å²) in [5, 5.41) is 2.87. The van der Waals surface area contributed by atoms with Gasteiger partial charge < -0.3 is 19.7 Å². The van der Waals surface area contributed by atoms with Crippen molar-refractivity contribution < 1.29 is 28.2 Å². The number of hydrogen-bond donors (Lipinski definition) is 1. The highest BCUT2D eigenvalue weighted by molar-refractivity contribution is 6.07. The number of carbonyl (C=O) groups is 3. The predicted molar refractivity (Wildman–Crippen MR) is 120 cm³/mol. The predicted octanol–water partition coefficient (Wildman–Crippen LogP) is 2.71. The van der Waals surface area contributed by atoms with Crippen molar-refractivity contribution in [1.82, 2.24) is 15.1 Å². The Balaban J connectivity index is 1.20. The van der Waals surface area contributed by atoms with E-state index in [1.54, 1.807) is 36.1 Å². The fraction of sp³-hybridized carbons (Fsp3) is 0.400. The number of nitrogens with one attached hydrogen (secondary N) is 1. The summed E-state index contributed by atoms with van der Waals surface area (Å²) < 4.78 is 24.7. The number of likely N-dealkylation sites (tertiary alicyclic amines) is 1. The van der Waals surface area contributed by atoms with Gasteiger partial charge in [-0.2, -0.15) is 0 Å². The van der Waals surface area contributed by atoms with Gasteiger partial charge in [0.15, 0.2) is 11.5 Å². The molecule has 2 saturated heterocycles. The molecule has 0 radical (unpaired) electrons. The number of fused-ring (bicyclic) bond motifs is 1. The first-order chi connectivity index (χ1) is 16.3. The lowest BCUT2D eigenvalue weighted by molar-refractivity contribution is -0.143. The summed E-state index contributed by atoms with van der Waals surface area (Å²) in [5.41, 5.74) is -0.374. The Labute approximate surface area is 196 Å². The van der Waals surface area contributed by atoms with Crippen LogP contribution in [-0.2, 0) is 16.1 Å². The summed E-state index contributed by atoms with van der Waals surface area (Å²) in [6.07, 6.45) is 0.437. The Morgan fingerprint density at radius 3 is 2.47 bits per heavy atom. The molecule has 0 spiro atoms. The molecule has 2 fully saturated rings. The van der Waals surface area contributed by atoms with E-state index in [-0.39, 0.29) is 36.7 Å². The molecule has 4 amide bonds. The summed E-state index contributed by atoms with van der Waals surface area (Å²) in [4.78, 5) is 41.8. The van der Waals surface area contributed by atoms with Crippen molar-refractivity contribution in [3.63, 3.8) is 0 Å². The summed E-state index contributed by atoms with van der Waals surface area (Å²) in [5.74, 6) is 0.246. The Hall–Kier alpha value is -3.62. The molecule has 0 saturated carbocycles. The lowest BCUT2D eigenvalue weighted by Crippen LogP contribution is -2.56. The molecule has 3 aliphatic heterocycles. The monoisotopic (exact) mass is 467 g/mol. The number of para-hydroxylation sites is 2. The maximum absolute atomic E-state index is 13.2. The number of urea groups is 1. The van der Waals surface area contributed by atoms with E-state index in [0.717, 1.165) is 0 Å². The molecular weight excluding hydrogens is 441 g/mol. The van der Waals surface area contributed by atoms with Gasteiger partial charge in [-0.3, -0.25) is 14.5 Å². The van der Waals surface area contributed by atoms with Crippen LogP contribution in [0, 0.1) is 11.7 Å². The minimum atomic E-state index is -1.05. The van der Waals surface area contributed by atoms with E-state index in [4.69, 9.17) is 9.47 Å². The summed E-state index contributed by atoms with van der Waals surface area (Å²) >= 11 is 0. The molecule has 9 heteroatoms. The molecule has 2 aromatic carbocycles. The number of hydrogen-bond acceptors (Lipinski definition) is 5. The third-order valence-electron chi connectivity index (χ3n) is 6.96. The van der Waals surface area contributed by atoms with Gasteiger partial charge in [-0.05, 0) is 55.5 Å².